The molecule has 0 saturated heterocycles. The summed E-state index contributed by atoms with van der Waals surface area (Å²) in [5, 5.41) is 0. The van der Waals surface area contributed by atoms with E-state index < -0.39 is 7.82 Å². The summed E-state index contributed by atoms with van der Waals surface area (Å²) in [5.74, 6) is 0. The topological polar surface area (TPSA) is 77.8 Å². The molecule has 0 atom stereocenters. The van der Waals surface area contributed by atoms with Gasteiger partial charge in [-0.1, -0.05) is 0 Å². The lowest BCUT2D eigenvalue weighted by Gasteiger charge is -1.82. The predicted octanol–water partition coefficient (Wildman–Crippen LogP) is -0.930. The first-order chi connectivity index (χ1) is 2.00. The fraction of sp³-hybridized carbons (Fsp3) is 0. The lowest BCUT2D eigenvalue weighted by Crippen LogP contribution is -1.66. The van der Waals surface area contributed by atoms with Crippen LogP contribution in [0.4, 0.5) is 28.2 Å². The molecule has 0 rings (SSSR count). The molecule has 0 radical (unpaired) electrons. The van der Waals surface area contributed by atoms with Gasteiger partial charge in [-0.05, 0) is 0 Å². The highest BCUT2D eigenvalue weighted by molar-refractivity contribution is 7.45. The maximum absolute atomic E-state index is 8.88. The molecule has 0 amide bonds. The Bertz CT molecular complexity index is 65.7. The monoisotopic (exact) mass is 244 g/mol. The first-order valence-electron chi connectivity index (χ1n) is 0.783. The van der Waals surface area contributed by atoms with E-state index in [1.54, 1.807) is 0 Å². The molecule has 0 aliphatic rings. The zero-order chi connectivity index (χ0) is 4.50. The summed E-state index contributed by atoms with van der Waals surface area (Å²) in [6.45, 7) is 0. The Morgan fingerprint density at radius 1 is 0.667 bits per heavy atom. The highest BCUT2D eigenvalue weighted by Gasteiger charge is 2.00. The van der Waals surface area contributed by atoms with Crippen molar-refractivity contribution in [3.8, 4) is 0 Å². The van der Waals surface area contributed by atoms with Gasteiger partial charge in [-0.15, -0.1) is 0 Å². The molecule has 4 nitrogen and oxygen atoms in total. The van der Waals surface area contributed by atoms with E-state index in [1.807, 2.05) is 0 Å². The summed E-state index contributed by atoms with van der Waals surface area (Å²) in [4.78, 5) is 21.6. The maximum Gasteiger partial charge on any atom is 0.466 e. The molecule has 0 aromatic rings. The van der Waals surface area contributed by atoms with Gasteiger partial charge in [-0.25, -0.2) is 4.57 Å². The number of hydrogen-bond acceptors (Lipinski definition) is 1. The van der Waals surface area contributed by atoms with Crippen LogP contribution in [0.5, 0.6) is 0 Å². The van der Waals surface area contributed by atoms with Crippen molar-refractivity contribution in [3.63, 3.8) is 0 Å². The SMILES string of the molecule is F.F.F.F.F.F.O=P(O)(O)O.[MgH2]. The minimum Gasteiger partial charge on any atom is -0.303 e. The van der Waals surface area contributed by atoms with E-state index in [9.17, 15) is 0 Å². The predicted molar refractivity (Wildman–Crippen MR) is 37.8 cm³/mol. The van der Waals surface area contributed by atoms with Gasteiger partial charge in [0.05, 0.1) is 0 Å². The number of phosphoric acid groups is 1. The van der Waals surface area contributed by atoms with E-state index in [0.29, 0.717) is 0 Å². The van der Waals surface area contributed by atoms with E-state index in [0.717, 1.165) is 0 Å². The second-order valence-corrected chi connectivity index (χ2v) is 1.54. The molecule has 0 heterocycles. The number of rotatable bonds is 0. The third kappa shape index (κ3) is 4490. The van der Waals surface area contributed by atoms with E-state index in [1.165, 1.54) is 0 Å². The Labute approximate surface area is 78.9 Å². The molecule has 0 fully saturated rings. The van der Waals surface area contributed by atoms with E-state index in [2.05, 4.69) is 0 Å². The summed E-state index contributed by atoms with van der Waals surface area (Å²) < 4.78 is 8.88. The molecule has 0 aromatic heterocycles. The highest BCUT2D eigenvalue weighted by atomic mass is 31.2. The van der Waals surface area contributed by atoms with Crippen molar-refractivity contribution in [1.82, 2.24) is 0 Å². The van der Waals surface area contributed by atoms with Gasteiger partial charge in [0.15, 0.2) is 0 Å². The fourth-order valence-electron chi connectivity index (χ4n) is 0. The Morgan fingerprint density at radius 2 is 0.667 bits per heavy atom. The first-order valence-corrected chi connectivity index (χ1v) is 2.35. The van der Waals surface area contributed by atoms with Crippen LogP contribution in [0.3, 0.4) is 0 Å². The first kappa shape index (κ1) is 82.3. The average Bonchev–Trinajstić information content (AvgIpc) is 0.722. The third-order valence-corrected chi connectivity index (χ3v) is 0. The number of halogens is 6. The molecule has 12 heteroatoms. The van der Waals surface area contributed by atoms with Crippen LogP contribution in [-0.4, -0.2) is 37.7 Å². The molecule has 0 saturated carbocycles. The van der Waals surface area contributed by atoms with Crippen LogP contribution in [0.2, 0.25) is 0 Å². The lowest BCUT2D eigenvalue weighted by atomic mass is 15.8. The zero-order valence-electron chi connectivity index (χ0n) is 4.65. The van der Waals surface area contributed by atoms with Gasteiger partial charge in [-0.2, -0.15) is 0 Å². The third-order valence-electron chi connectivity index (χ3n) is 0. The molecule has 3 N–H and O–H groups in total. The average molecular weight is 244 g/mol. The molecule has 12 heavy (non-hydrogen) atoms. The second kappa shape index (κ2) is 30.0. The van der Waals surface area contributed by atoms with Crippen LogP contribution >= 0.6 is 7.82 Å². The van der Waals surface area contributed by atoms with Crippen molar-refractivity contribution in [2.45, 2.75) is 0 Å². The molecular weight excluding hydrogens is 233 g/mol. The van der Waals surface area contributed by atoms with Crippen LogP contribution in [-0.2, 0) is 4.57 Å². The van der Waals surface area contributed by atoms with Crippen molar-refractivity contribution >= 4 is 30.9 Å². The van der Waals surface area contributed by atoms with E-state index in [4.69, 9.17) is 19.2 Å². The molecular formula is H11F6MgO4P. The minimum absolute atomic E-state index is 0. The van der Waals surface area contributed by atoms with Crippen molar-refractivity contribution in [1.29, 1.82) is 0 Å². The van der Waals surface area contributed by atoms with Crippen LogP contribution in [0, 0.1) is 0 Å². The summed E-state index contributed by atoms with van der Waals surface area (Å²) >= 11 is 0. The van der Waals surface area contributed by atoms with Gasteiger partial charge in [0.2, 0.25) is 0 Å². The summed E-state index contributed by atoms with van der Waals surface area (Å²) in [6.07, 6.45) is 0. The van der Waals surface area contributed by atoms with Gasteiger partial charge in [0, 0.05) is 0 Å². The van der Waals surface area contributed by atoms with Crippen molar-refractivity contribution < 1.29 is 47.5 Å². The van der Waals surface area contributed by atoms with Gasteiger partial charge in [0.1, 0.15) is 0 Å². The Morgan fingerprint density at radius 3 is 0.667 bits per heavy atom. The molecule has 0 bridgehead atoms. The van der Waals surface area contributed by atoms with Crippen molar-refractivity contribution in [2.24, 2.45) is 0 Å². The van der Waals surface area contributed by atoms with E-state index in [-0.39, 0.29) is 51.3 Å². The molecule has 0 spiro atoms. The van der Waals surface area contributed by atoms with E-state index >= 15 is 0 Å². The van der Waals surface area contributed by atoms with Crippen molar-refractivity contribution in [3.05, 3.63) is 0 Å². The lowest BCUT2D eigenvalue weighted by molar-refractivity contribution is 0.275. The molecule has 84 valence electrons. The van der Waals surface area contributed by atoms with Gasteiger partial charge in [0.25, 0.3) is 0 Å². The minimum atomic E-state index is -4.64. The fourth-order valence-corrected chi connectivity index (χ4v) is 0. The quantitative estimate of drug-likeness (QED) is 0.292. The highest BCUT2D eigenvalue weighted by Crippen LogP contribution is 2.25. The summed E-state index contributed by atoms with van der Waals surface area (Å²) in [5.41, 5.74) is 0. The summed E-state index contributed by atoms with van der Waals surface area (Å²) in [7, 11) is -4.64. The van der Waals surface area contributed by atoms with Gasteiger partial charge < -0.3 is 14.7 Å². The Hall–Kier alpha value is 0.456. The Kier molecular flexibility index (Phi) is 206. The van der Waals surface area contributed by atoms with Gasteiger partial charge in [-0.3, -0.25) is 28.2 Å². The number of hydrogen-bond donors (Lipinski definition) is 3. The van der Waals surface area contributed by atoms with Crippen LogP contribution in [0.25, 0.3) is 0 Å². The normalized spacial score (nSPS) is 4.92. The zero-order valence-corrected chi connectivity index (χ0v) is 5.54. The molecule has 0 aliphatic carbocycles. The Balaban J connectivity index is -0.00000000381. The van der Waals surface area contributed by atoms with Crippen LogP contribution in [0.1, 0.15) is 0 Å². The van der Waals surface area contributed by atoms with Crippen LogP contribution < -0.4 is 0 Å². The molecule has 0 aliphatic heterocycles. The van der Waals surface area contributed by atoms with Crippen molar-refractivity contribution in [2.75, 3.05) is 0 Å². The van der Waals surface area contributed by atoms with Crippen LogP contribution in [0.15, 0.2) is 0 Å². The maximum atomic E-state index is 8.88. The summed E-state index contributed by atoms with van der Waals surface area (Å²) in [6, 6.07) is 0. The molecule has 0 unspecified atom stereocenters. The van der Waals surface area contributed by atoms with Gasteiger partial charge >= 0.3 is 30.9 Å². The largest absolute Gasteiger partial charge is 0.466 e. The standard InChI is InChI=1S/6FH.Mg.H3O4P.2H/c;;;;;;;1-5(2,3)4;;/h6*1H;;(H3,1,2,3,4);;. The molecule has 0 aromatic carbocycles. The smallest absolute Gasteiger partial charge is 0.303 e. The second-order valence-electron chi connectivity index (χ2n) is 0.513.